The van der Waals surface area contributed by atoms with Gasteiger partial charge in [0.15, 0.2) is 5.75 Å². The number of nitrogens with two attached hydrogens (primary N) is 2. The van der Waals surface area contributed by atoms with Crippen molar-refractivity contribution < 1.29 is 18.3 Å². The van der Waals surface area contributed by atoms with Crippen LogP contribution in [-0.4, -0.2) is 19.4 Å². The number of anilines is 2. The molecule has 0 aliphatic rings. The summed E-state index contributed by atoms with van der Waals surface area (Å²) in [4.78, 5) is 11.9. The first kappa shape index (κ1) is 14.8. The standard InChI is InChI=1S/C13H13N3O4S/c14-11-3-1-2-10(12(11)17)13(18)16-8-4-6-9(7-5-8)21(15,19)20/h1-7,17H,14H2,(H,16,18)(H2,15,19,20). The van der Waals surface area contributed by atoms with Crippen LogP contribution in [0.2, 0.25) is 0 Å². The smallest absolute Gasteiger partial charge is 0.259 e. The van der Waals surface area contributed by atoms with E-state index in [1.54, 1.807) is 0 Å². The van der Waals surface area contributed by atoms with Gasteiger partial charge in [-0.2, -0.15) is 0 Å². The van der Waals surface area contributed by atoms with Crippen molar-refractivity contribution in [2.75, 3.05) is 11.1 Å². The summed E-state index contributed by atoms with van der Waals surface area (Å²) in [6.45, 7) is 0. The number of carbonyl (C=O) groups excluding carboxylic acids is 1. The van der Waals surface area contributed by atoms with E-state index in [0.29, 0.717) is 5.69 Å². The Balaban J connectivity index is 2.22. The zero-order valence-electron chi connectivity index (χ0n) is 10.8. The van der Waals surface area contributed by atoms with E-state index in [1.807, 2.05) is 0 Å². The number of phenols is 1. The largest absolute Gasteiger partial charge is 0.505 e. The molecule has 0 aliphatic heterocycles. The third-order valence-corrected chi connectivity index (χ3v) is 3.68. The van der Waals surface area contributed by atoms with Gasteiger partial charge in [-0.15, -0.1) is 0 Å². The Labute approximate surface area is 121 Å². The van der Waals surface area contributed by atoms with Crippen molar-refractivity contribution in [2.45, 2.75) is 4.90 Å². The molecule has 0 aromatic heterocycles. The van der Waals surface area contributed by atoms with Gasteiger partial charge in [-0.25, -0.2) is 13.6 Å². The highest BCUT2D eigenvalue weighted by atomic mass is 32.2. The Bertz CT molecular complexity index is 786. The van der Waals surface area contributed by atoms with Crippen LogP contribution in [0.25, 0.3) is 0 Å². The van der Waals surface area contributed by atoms with Crippen LogP contribution in [0.5, 0.6) is 5.75 Å². The maximum atomic E-state index is 12.0. The molecule has 0 fully saturated rings. The number of carbonyl (C=O) groups is 1. The minimum Gasteiger partial charge on any atom is -0.505 e. The van der Waals surface area contributed by atoms with Crippen LogP contribution in [0.4, 0.5) is 11.4 Å². The number of para-hydroxylation sites is 1. The predicted octanol–water partition coefficient (Wildman–Crippen LogP) is 0.874. The molecule has 0 saturated heterocycles. The van der Waals surface area contributed by atoms with Gasteiger partial charge in [-0.3, -0.25) is 4.79 Å². The minimum atomic E-state index is -3.78. The number of hydrogen-bond donors (Lipinski definition) is 4. The quantitative estimate of drug-likeness (QED) is 0.493. The monoisotopic (exact) mass is 307 g/mol. The summed E-state index contributed by atoms with van der Waals surface area (Å²) in [5, 5.41) is 17.2. The number of phenolic OH excluding ortho intramolecular Hbond substituents is 1. The number of amides is 1. The van der Waals surface area contributed by atoms with Crippen molar-refractivity contribution in [3.8, 4) is 5.75 Å². The maximum absolute atomic E-state index is 12.0. The van der Waals surface area contributed by atoms with Gasteiger partial charge in [-0.1, -0.05) is 6.07 Å². The number of hydrogen-bond acceptors (Lipinski definition) is 5. The molecule has 1 amide bonds. The highest BCUT2D eigenvalue weighted by molar-refractivity contribution is 7.89. The van der Waals surface area contributed by atoms with Gasteiger partial charge in [0.2, 0.25) is 10.0 Å². The number of sulfonamides is 1. The molecule has 2 rings (SSSR count). The lowest BCUT2D eigenvalue weighted by molar-refractivity contribution is 0.102. The van der Waals surface area contributed by atoms with Crippen molar-refractivity contribution in [1.82, 2.24) is 0 Å². The van der Waals surface area contributed by atoms with Crippen LogP contribution in [-0.2, 0) is 10.0 Å². The van der Waals surface area contributed by atoms with Gasteiger partial charge in [0, 0.05) is 5.69 Å². The fourth-order valence-corrected chi connectivity index (χ4v) is 2.19. The van der Waals surface area contributed by atoms with E-state index in [4.69, 9.17) is 10.9 Å². The molecule has 8 heteroatoms. The molecular formula is C13H13N3O4S. The average molecular weight is 307 g/mol. The molecule has 0 atom stereocenters. The Hall–Kier alpha value is -2.58. The molecule has 0 unspecified atom stereocenters. The van der Waals surface area contributed by atoms with E-state index < -0.39 is 15.9 Å². The summed E-state index contributed by atoms with van der Waals surface area (Å²) >= 11 is 0. The molecule has 0 radical (unpaired) electrons. The van der Waals surface area contributed by atoms with Crippen molar-refractivity contribution in [1.29, 1.82) is 0 Å². The molecule has 6 N–H and O–H groups in total. The summed E-state index contributed by atoms with van der Waals surface area (Å²) in [6.07, 6.45) is 0. The Morgan fingerprint density at radius 2 is 1.71 bits per heavy atom. The predicted molar refractivity (Wildman–Crippen MR) is 78.3 cm³/mol. The number of nitrogens with one attached hydrogen (secondary N) is 1. The van der Waals surface area contributed by atoms with E-state index in [1.165, 1.54) is 42.5 Å². The summed E-state index contributed by atoms with van der Waals surface area (Å²) < 4.78 is 22.2. The first-order chi connectivity index (χ1) is 9.79. The fraction of sp³-hybridized carbons (Fsp3) is 0. The molecule has 0 aliphatic carbocycles. The number of nitrogen functional groups attached to an aromatic ring is 1. The zero-order chi connectivity index (χ0) is 15.6. The van der Waals surface area contributed by atoms with Crippen molar-refractivity contribution in [2.24, 2.45) is 5.14 Å². The number of aromatic hydroxyl groups is 1. The lowest BCUT2D eigenvalue weighted by Crippen LogP contribution is -2.14. The summed E-state index contributed by atoms with van der Waals surface area (Å²) in [5.41, 5.74) is 5.97. The summed E-state index contributed by atoms with van der Waals surface area (Å²) in [7, 11) is -3.78. The van der Waals surface area contributed by atoms with Gasteiger partial charge in [0.05, 0.1) is 16.1 Å². The molecule has 0 saturated carbocycles. The number of benzene rings is 2. The molecule has 110 valence electrons. The Morgan fingerprint density at radius 1 is 1.10 bits per heavy atom. The van der Waals surface area contributed by atoms with Crippen LogP contribution in [0.1, 0.15) is 10.4 Å². The minimum absolute atomic E-state index is 0.0190. The van der Waals surface area contributed by atoms with E-state index in [9.17, 15) is 18.3 Å². The van der Waals surface area contributed by atoms with E-state index >= 15 is 0 Å². The Kier molecular flexibility index (Phi) is 3.83. The first-order valence-corrected chi connectivity index (χ1v) is 7.35. The SMILES string of the molecule is Nc1cccc(C(=O)Nc2ccc(S(N)(=O)=O)cc2)c1O. The van der Waals surface area contributed by atoms with E-state index in [0.717, 1.165) is 0 Å². The third-order valence-electron chi connectivity index (χ3n) is 2.75. The zero-order valence-corrected chi connectivity index (χ0v) is 11.6. The van der Waals surface area contributed by atoms with E-state index in [-0.39, 0.29) is 21.9 Å². The lowest BCUT2D eigenvalue weighted by atomic mass is 10.1. The third kappa shape index (κ3) is 3.30. The fourth-order valence-electron chi connectivity index (χ4n) is 1.67. The number of rotatable bonds is 3. The highest BCUT2D eigenvalue weighted by Crippen LogP contribution is 2.25. The lowest BCUT2D eigenvalue weighted by Gasteiger charge is -2.08. The molecule has 0 bridgehead atoms. The molecule has 2 aromatic rings. The normalized spacial score (nSPS) is 11.1. The van der Waals surface area contributed by atoms with Gasteiger partial charge in [0.25, 0.3) is 5.91 Å². The molecule has 7 nitrogen and oxygen atoms in total. The van der Waals surface area contributed by atoms with Crippen LogP contribution >= 0.6 is 0 Å². The summed E-state index contributed by atoms with van der Waals surface area (Å²) in [6, 6.07) is 9.73. The molecule has 2 aromatic carbocycles. The van der Waals surface area contributed by atoms with Gasteiger partial charge < -0.3 is 16.2 Å². The first-order valence-electron chi connectivity index (χ1n) is 5.80. The van der Waals surface area contributed by atoms with Crippen LogP contribution in [0, 0.1) is 0 Å². The molecule has 21 heavy (non-hydrogen) atoms. The van der Waals surface area contributed by atoms with Crippen LogP contribution in [0.3, 0.4) is 0 Å². The second-order valence-corrected chi connectivity index (χ2v) is 5.83. The number of primary sulfonamides is 1. The molecule has 0 heterocycles. The molecular weight excluding hydrogens is 294 g/mol. The van der Waals surface area contributed by atoms with E-state index in [2.05, 4.69) is 5.32 Å². The van der Waals surface area contributed by atoms with Gasteiger partial charge in [-0.05, 0) is 36.4 Å². The summed E-state index contributed by atoms with van der Waals surface area (Å²) in [5.74, 6) is -0.876. The maximum Gasteiger partial charge on any atom is 0.259 e. The van der Waals surface area contributed by atoms with Gasteiger partial charge >= 0.3 is 0 Å². The highest BCUT2D eigenvalue weighted by Gasteiger charge is 2.13. The second kappa shape index (κ2) is 5.43. The van der Waals surface area contributed by atoms with Gasteiger partial charge in [0.1, 0.15) is 0 Å². The topological polar surface area (TPSA) is 136 Å². The Morgan fingerprint density at radius 3 is 2.29 bits per heavy atom. The van der Waals surface area contributed by atoms with Crippen molar-refractivity contribution >= 4 is 27.3 Å². The second-order valence-electron chi connectivity index (χ2n) is 4.27. The average Bonchev–Trinajstić information content (AvgIpc) is 2.41. The van der Waals surface area contributed by atoms with Crippen LogP contribution < -0.4 is 16.2 Å². The molecule has 0 spiro atoms. The van der Waals surface area contributed by atoms with Crippen molar-refractivity contribution in [3.63, 3.8) is 0 Å². The van der Waals surface area contributed by atoms with Crippen molar-refractivity contribution in [3.05, 3.63) is 48.0 Å². The van der Waals surface area contributed by atoms with Crippen LogP contribution in [0.15, 0.2) is 47.4 Å².